The van der Waals surface area contributed by atoms with Gasteiger partial charge in [-0.2, -0.15) is 0 Å². The number of rotatable bonds is 4. The number of pyridine rings is 1. The molecular formula is C16H15N3O2. The Bertz CT molecular complexity index is 666. The van der Waals surface area contributed by atoms with Crippen molar-refractivity contribution in [2.75, 3.05) is 10.6 Å². The van der Waals surface area contributed by atoms with E-state index in [0.29, 0.717) is 16.9 Å². The highest BCUT2D eigenvalue weighted by Gasteiger charge is 2.06. The number of benzene rings is 1. The van der Waals surface area contributed by atoms with Crippen LogP contribution in [0.2, 0.25) is 0 Å². The molecule has 0 aliphatic rings. The van der Waals surface area contributed by atoms with Crippen LogP contribution < -0.4 is 10.6 Å². The topological polar surface area (TPSA) is 71.1 Å². The van der Waals surface area contributed by atoms with Crippen LogP contribution in [0.4, 0.5) is 11.4 Å². The van der Waals surface area contributed by atoms with Crippen molar-refractivity contribution < 1.29 is 9.59 Å². The first-order valence-corrected chi connectivity index (χ1v) is 6.44. The molecule has 0 aliphatic carbocycles. The predicted molar refractivity (Wildman–Crippen MR) is 82.1 cm³/mol. The number of anilines is 2. The van der Waals surface area contributed by atoms with E-state index >= 15 is 0 Å². The molecule has 0 radical (unpaired) electrons. The Hall–Kier alpha value is -2.95. The van der Waals surface area contributed by atoms with Crippen LogP contribution in [-0.4, -0.2) is 16.8 Å². The molecule has 0 fully saturated rings. The fourth-order valence-electron chi connectivity index (χ4n) is 1.71. The van der Waals surface area contributed by atoms with E-state index in [4.69, 9.17) is 0 Å². The molecule has 2 N–H and O–H groups in total. The first-order chi connectivity index (χ1) is 10.2. The maximum absolute atomic E-state index is 12.0. The van der Waals surface area contributed by atoms with Crippen molar-refractivity contribution in [3.05, 3.63) is 66.5 Å². The molecule has 106 valence electrons. The van der Waals surface area contributed by atoms with Gasteiger partial charge in [0.05, 0.1) is 5.56 Å². The lowest BCUT2D eigenvalue weighted by molar-refractivity contribution is -0.111. The van der Waals surface area contributed by atoms with Gasteiger partial charge in [-0.05, 0) is 43.3 Å². The quantitative estimate of drug-likeness (QED) is 0.846. The number of hydrogen-bond donors (Lipinski definition) is 2. The van der Waals surface area contributed by atoms with Crippen LogP contribution in [0, 0.1) is 0 Å². The van der Waals surface area contributed by atoms with Gasteiger partial charge in [-0.1, -0.05) is 12.1 Å². The summed E-state index contributed by atoms with van der Waals surface area (Å²) in [5.74, 6) is -0.465. The lowest BCUT2D eigenvalue weighted by atomic mass is 10.2. The summed E-state index contributed by atoms with van der Waals surface area (Å²) in [5, 5.41) is 5.46. The molecule has 0 unspecified atom stereocenters. The molecule has 2 rings (SSSR count). The summed E-state index contributed by atoms with van der Waals surface area (Å²) >= 11 is 0. The average molecular weight is 281 g/mol. The van der Waals surface area contributed by atoms with Crippen molar-refractivity contribution in [3.63, 3.8) is 0 Å². The molecule has 0 saturated carbocycles. The van der Waals surface area contributed by atoms with Gasteiger partial charge >= 0.3 is 0 Å². The first kappa shape index (κ1) is 14.5. The first-order valence-electron chi connectivity index (χ1n) is 6.44. The second-order valence-electron chi connectivity index (χ2n) is 4.27. The molecule has 1 aromatic heterocycles. The van der Waals surface area contributed by atoms with Gasteiger partial charge in [0, 0.05) is 23.8 Å². The highest BCUT2D eigenvalue weighted by Crippen LogP contribution is 2.16. The minimum atomic E-state index is -0.250. The average Bonchev–Trinajstić information content (AvgIpc) is 2.48. The van der Waals surface area contributed by atoms with E-state index in [1.807, 2.05) is 0 Å². The Kier molecular flexibility index (Phi) is 4.82. The Labute approximate surface area is 122 Å². The van der Waals surface area contributed by atoms with E-state index in [1.54, 1.807) is 55.6 Å². The van der Waals surface area contributed by atoms with Gasteiger partial charge < -0.3 is 10.6 Å². The van der Waals surface area contributed by atoms with Crippen molar-refractivity contribution >= 4 is 23.2 Å². The maximum atomic E-state index is 12.0. The van der Waals surface area contributed by atoms with Gasteiger partial charge in [0.25, 0.3) is 5.91 Å². The molecule has 21 heavy (non-hydrogen) atoms. The minimum Gasteiger partial charge on any atom is -0.322 e. The van der Waals surface area contributed by atoms with Gasteiger partial charge in [-0.25, -0.2) is 0 Å². The lowest BCUT2D eigenvalue weighted by Gasteiger charge is -2.07. The number of carbonyl (C=O) groups is 2. The van der Waals surface area contributed by atoms with Gasteiger partial charge in [0.1, 0.15) is 0 Å². The smallest absolute Gasteiger partial charge is 0.257 e. The molecule has 0 saturated heterocycles. The van der Waals surface area contributed by atoms with Crippen LogP contribution in [-0.2, 0) is 4.79 Å². The summed E-state index contributed by atoms with van der Waals surface area (Å²) in [6.45, 7) is 1.77. The van der Waals surface area contributed by atoms with Crippen molar-refractivity contribution in [2.24, 2.45) is 0 Å². The summed E-state index contributed by atoms with van der Waals surface area (Å²) in [4.78, 5) is 27.4. The molecule has 1 heterocycles. The molecular weight excluding hydrogens is 266 g/mol. The summed E-state index contributed by atoms with van der Waals surface area (Å²) in [6, 6.07) is 10.3. The minimum absolute atomic E-state index is 0.215. The Morgan fingerprint density at radius 2 is 1.86 bits per heavy atom. The Morgan fingerprint density at radius 3 is 2.52 bits per heavy atom. The molecule has 0 bridgehead atoms. The van der Waals surface area contributed by atoms with Gasteiger partial charge in [0.15, 0.2) is 0 Å². The fraction of sp³-hybridized carbons (Fsp3) is 0.0625. The highest BCUT2D eigenvalue weighted by molar-refractivity contribution is 6.04. The van der Waals surface area contributed by atoms with E-state index in [-0.39, 0.29) is 11.8 Å². The van der Waals surface area contributed by atoms with E-state index in [2.05, 4.69) is 15.6 Å². The maximum Gasteiger partial charge on any atom is 0.257 e. The molecule has 2 amide bonds. The summed E-state index contributed by atoms with van der Waals surface area (Å²) in [5.41, 5.74) is 1.69. The molecule has 0 spiro atoms. The second kappa shape index (κ2) is 7.00. The lowest BCUT2D eigenvalue weighted by Crippen LogP contribution is -2.13. The number of aromatic nitrogens is 1. The molecule has 1 aromatic carbocycles. The monoisotopic (exact) mass is 281 g/mol. The zero-order valence-electron chi connectivity index (χ0n) is 11.5. The van der Waals surface area contributed by atoms with E-state index < -0.39 is 0 Å². The van der Waals surface area contributed by atoms with Crippen molar-refractivity contribution in [1.82, 2.24) is 4.98 Å². The third kappa shape index (κ3) is 4.28. The number of carbonyl (C=O) groups excluding carboxylic acids is 2. The zero-order chi connectivity index (χ0) is 15.1. The number of allylic oxidation sites excluding steroid dienone is 1. The SMILES string of the molecule is C/C=C/C(=O)Nc1cccc(NC(=O)c2cccnc2)c1. The summed E-state index contributed by atoms with van der Waals surface area (Å²) in [6.07, 6.45) is 6.19. The van der Waals surface area contributed by atoms with E-state index in [1.165, 1.54) is 12.3 Å². The zero-order valence-corrected chi connectivity index (χ0v) is 11.5. The van der Waals surface area contributed by atoms with Crippen LogP contribution in [0.3, 0.4) is 0 Å². The number of nitrogens with zero attached hydrogens (tertiary/aromatic N) is 1. The third-order valence-corrected chi connectivity index (χ3v) is 2.63. The van der Waals surface area contributed by atoms with Crippen LogP contribution in [0.25, 0.3) is 0 Å². The standard InChI is InChI=1S/C16H15N3O2/c1-2-5-15(20)18-13-7-3-8-14(10-13)19-16(21)12-6-4-9-17-11-12/h2-11H,1H3,(H,18,20)(H,19,21)/b5-2+. The van der Waals surface area contributed by atoms with Crippen molar-refractivity contribution in [3.8, 4) is 0 Å². The van der Waals surface area contributed by atoms with E-state index in [9.17, 15) is 9.59 Å². The second-order valence-corrected chi connectivity index (χ2v) is 4.27. The van der Waals surface area contributed by atoms with Gasteiger partial charge in [0.2, 0.25) is 5.91 Å². The van der Waals surface area contributed by atoms with Gasteiger partial charge in [-0.3, -0.25) is 14.6 Å². The molecule has 5 nitrogen and oxygen atoms in total. The van der Waals surface area contributed by atoms with Crippen LogP contribution >= 0.6 is 0 Å². The predicted octanol–water partition coefficient (Wildman–Crippen LogP) is 2.85. The van der Waals surface area contributed by atoms with Crippen LogP contribution in [0.1, 0.15) is 17.3 Å². The van der Waals surface area contributed by atoms with Crippen LogP contribution in [0.5, 0.6) is 0 Å². The summed E-state index contributed by atoms with van der Waals surface area (Å²) in [7, 11) is 0. The number of hydrogen-bond acceptors (Lipinski definition) is 3. The Balaban J connectivity index is 2.07. The normalized spacial score (nSPS) is 10.3. The molecule has 0 atom stereocenters. The number of nitrogens with one attached hydrogen (secondary N) is 2. The van der Waals surface area contributed by atoms with Crippen molar-refractivity contribution in [1.29, 1.82) is 0 Å². The fourth-order valence-corrected chi connectivity index (χ4v) is 1.71. The summed E-state index contributed by atoms with van der Waals surface area (Å²) < 4.78 is 0. The van der Waals surface area contributed by atoms with Crippen molar-refractivity contribution in [2.45, 2.75) is 6.92 Å². The van der Waals surface area contributed by atoms with Gasteiger partial charge in [-0.15, -0.1) is 0 Å². The Morgan fingerprint density at radius 1 is 1.10 bits per heavy atom. The van der Waals surface area contributed by atoms with E-state index in [0.717, 1.165) is 0 Å². The third-order valence-electron chi connectivity index (χ3n) is 2.63. The molecule has 5 heteroatoms. The molecule has 0 aliphatic heterocycles. The number of amides is 2. The molecule has 2 aromatic rings. The van der Waals surface area contributed by atoms with Crippen LogP contribution in [0.15, 0.2) is 60.9 Å². The largest absolute Gasteiger partial charge is 0.322 e. The highest BCUT2D eigenvalue weighted by atomic mass is 16.2.